The maximum absolute atomic E-state index is 9.92. The van der Waals surface area contributed by atoms with E-state index in [4.69, 9.17) is 16.2 Å². The van der Waals surface area contributed by atoms with Gasteiger partial charge in [0, 0.05) is 7.05 Å². The average Bonchev–Trinajstić information content (AvgIpc) is 1.63. The molecule has 0 unspecified atom stereocenters. The summed E-state index contributed by atoms with van der Waals surface area (Å²) in [5, 5.41) is 14.9. The van der Waals surface area contributed by atoms with Gasteiger partial charge in [-0.2, -0.15) is 0 Å². The van der Waals surface area contributed by atoms with E-state index < -0.39 is 5.97 Å². The number of nitrogens with zero attached hydrogens (tertiary/aromatic N) is 1. The van der Waals surface area contributed by atoms with Gasteiger partial charge in [0.1, 0.15) is 6.54 Å². The molecule has 0 heterocycles. The van der Waals surface area contributed by atoms with Crippen molar-refractivity contribution in [3.63, 3.8) is 0 Å². The molecular formula is C4H18N3NaO6. The molecule has 0 aromatic carbocycles. The fourth-order valence-electron chi connectivity index (χ4n) is 0.288. The van der Waals surface area contributed by atoms with Crippen LogP contribution in [0, 0.1) is 5.41 Å². The van der Waals surface area contributed by atoms with E-state index in [0.29, 0.717) is 0 Å². The molecule has 14 heavy (non-hydrogen) atoms. The first-order valence-corrected chi connectivity index (χ1v) is 2.31. The Morgan fingerprint density at radius 3 is 1.71 bits per heavy atom. The van der Waals surface area contributed by atoms with Crippen molar-refractivity contribution in [3.05, 3.63) is 0 Å². The molecule has 0 saturated heterocycles. The molecule has 0 rings (SSSR count). The number of carbonyl (C=O) groups is 1. The van der Waals surface area contributed by atoms with Gasteiger partial charge in [-0.05, 0) is 0 Å². The van der Waals surface area contributed by atoms with E-state index in [1.807, 2.05) is 0 Å². The van der Waals surface area contributed by atoms with Gasteiger partial charge in [-0.1, -0.05) is 0 Å². The quantitative estimate of drug-likeness (QED) is 0.239. The molecule has 0 aliphatic carbocycles. The third-order valence-electron chi connectivity index (χ3n) is 0.784. The monoisotopic (exact) mass is 227 g/mol. The first kappa shape index (κ1) is 37.4. The number of hydrogen-bond donors (Lipinski definition) is 3. The zero-order valence-electron chi connectivity index (χ0n) is 7.09. The molecular weight excluding hydrogens is 209 g/mol. The molecule has 86 valence electrons. The van der Waals surface area contributed by atoms with Crippen LogP contribution >= 0.6 is 0 Å². The predicted octanol–water partition coefficient (Wildman–Crippen LogP) is -5.05. The van der Waals surface area contributed by atoms with Crippen molar-refractivity contribution >= 4 is 41.5 Å². The average molecular weight is 227 g/mol. The van der Waals surface area contributed by atoms with Crippen LogP contribution in [0.5, 0.6) is 0 Å². The van der Waals surface area contributed by atoms with Crippen molar-refractivity contribution < 1.29 is 31.8 Å². The summed E-state index contributed by atoms with van der Waals surface area (Å²) in [6, 6.07) is 0. The van der Waals surface area contributed by atoms with Gasteiger partial charge in [0.25, 0.3) is 0 Å². The van der Waals surface area contributed by atoms with E-state index in [-0.39, 0.29) is 64.0 Å². The third kappa shape index (κ3) is 22.6. The van der Waals surface area contributed by atoms with E-state index in [0.717, 1.165) is 4.90 Å². The number of aliphatic carboxylic acids is 1. The second-order valence-corrected chi connectivity index (χ2v) is 1.64. The Balaban J connectivity index is -0.0000000320. The van der Waals surface area contributed by atoms with Crippen LogP contribution in [-0.2, 0) is 4.79 Å². The molecule has 0 fully saturated rings. The van der Waals surface area contributed by atoms with E-state index in [1.165, 1.54) is 7.05 Å². The number of nitrogens with one attached hydrogen (secondary N) is 1. The van der Waals surface area contributed by atoms with Crippen molar-refractivity contribution in [2.24, 2.45) is 5.73 Å². The maximum atomic E-state index is 9.92. The van der Waals surface area contributed by atoms with Crippen molar-refractivity contribution in [1.82, 2.24) is 4.90 Å². The minimum atomic E-state index is -0.993. The van der Waals surface area contributed by atoms with Crippen molar-refractivity contribution in [3.8, 4) is 0 Å². The SMILES string of the molecule is CN(CC(=O)O)C(=N)N.O.O.O.O.[NaH]. The first-order chi connectivity index (χ1) is 4.04. The topological polar surface area (TPSA) is 216 Å². The van der Waals surface area contributed by atoms with Crippen LogP contribution in [0.3, 0.4) is 0 Å². The van der Waals surface area contributed by atoms with Gasteiger partial charge < -0.3 is 37.6 Å². The molecule has 0 spiro atoms. The molecule has 0 aromatic heterocycles. The Kier molecular flexibility index (Phi) is 49.1. The normalized spacial score (nSPS) is 5.50. The van der Waals surface area contributed by atoms with Gasteiger partial charge in [-0.3, -0.25) is 10.2 Å². The van der Waals surface area contributed by atoms with E-state index in [1.54, 1.807) is 0 Å². The fourth-order valence-corrected chi connectivity index (χ4v) is 0.288. The molecule has 0 aromatic rings. The molecule has 12 N–H and O–H groups in total. The number of carboxylic acid groups (broad SMARTS) is 1. The van der Waals surface area contributed by atoms with E-state index >= 15 is 0 Å². The number of guanidine groups is 1. The Hall–Kier alpha value is -0.420. The molecule has 0 bridgehead atoms. The molecule has 0 atom stereocenters. The standard InChI is InChI=1S/C4H9N3O2.Na.4H2O.H/c1-7(4(5)6)2-3(8)9;;;;;;/h2H2,1H3,(H3,5,6)(H,8,9);;4*1H2;. The molecule has 0 radical (unpaired) electrons. The summed E-state index contributed by atoms with van der Waals surface area (Å²) < 4.78 is 0. The Bertz CT molecular complexity index is 145. The van der Waals surface area contributed by atoms with Gasteiger partial charge in [-0.25, -0.2) is 0 Å². The summed E-state index contributed by atoms with van der Waals surface area (Å²) >= 11 is 0. The van der Waals surface area contributed by atoms with Crippen molar-refractivity contribution in [1.29, 1.82) is 5.41 Å². The summed E-state index contributed by atoms with van der Waals surface area (Å²) in [6.07, 6.45) is 0. The number of rotatable bonds is 2. The first-order valence-electron chi connectivity index (χ1n) is 2.31. The minimum absolute atomic E-state index is 0. The van der Waals surface area contributed by atoms with E-state index in [9.17, 15) is 4.79 Å². The third-order valence-corrected chi connectivity index (χ3v) is 0.784. The second-order valence-electron chi connectivity index (χ2n) is 1.64. The molecule has 0 saturated carbocycles. The number of nitrogens with two attached hydrogens (primary N) is 1. The molecule has 0 aliphatic heterocycles. The Morgan fingerprint density at radius 2 is 1.64 bits per heavy atom. The summed E-state index contributed by atoms with van der Waals surface area (Å²) in [5.41, 5.74) is 4.93. The van der Waals surface area contributed by atoms with Crippen LogP contribution in [0.1, 0.15) is 0 Å². The summed E-state index contributed by atoms with van der Waals surface area (Å²) in [6.45, 7) is -0.227. The van der Waals surface area contributed by atoms with Crippen LogP contribution in [0.15, 0.2) is 0 Å². The summed E-state index contributed by atoms with van der Waals surface area (Å²) in [4.78, 5) is 11.0. The molecule has 10 heteroatoms. The van der Waals surface area contributed by atoms with Crippen LogP contribution in [0.2, 0.25) is 0 Å². The van der Waals surface area contributed by atoms with Crippen molar-refractivity contribution in [2.45, 2.75) is 0 Å². The second kappa shape index (κ2) is 18.4. The predicted molar refractivity (Wildman–Crippen MR) is 53.8 cm³/mol. The van der Waals surface area contributed by atoms with Crippen LogP contribution < -0.4 is 5.73 Å². The van der Waals surface area contributed by atoms with Gasteiger partial charge in [0.2, 0.25) is 0 Å². The molecule has 0 aliphatic rings. The van der Waals surface area contributed by atoms with E-state index in [2.05, 4.69) is 0 Å². The molecule has 0 amide bonds. The van der Waals surface area contributed by atoms with Gasteiger partial charge in [-0.15, -0.1) is 0 Å². The Labute approximate surface area is 103 Å². The van der Waals surface area contributed by atoms with Crippen molar-refractivity contribution in [2.75, 3.05) is 13.6 Å². The van der Waals surface area contributed by atoms with Gasteiger partial charge in [0.05, 0.1) is 0 Å². The fraction of sp³-hybridized carbons (Fsp3) is 0.500. The summed E-state index contributed by atoms with van der Waals surface area (Å²) in [5.74, 6) is -1.23. The van der Waals surface area contributed by atoms with Crippen LogP contribution in [-0.4, -0.2) is 87.0 Å². The van der Waals surface area contributed by atoms with Crippen LogP contribution in [0.4, 0.5) is 0 Å². The zero-order chi connectivity index (χ0) is 7.44. The summed E-state index contributed by atoms with van der Waals surface area (Å²) in [7, 11) is 1.44. The number of likely N-dealkylation sites (N-methyl/N-ethyl adjacent to an activating group) is 1. The Morgan fingerprint density at radius 1 is 1.36 bits per heavy atom. The number of hydrogen-bond acceptors (Lipinski definition) is 2. The van der Waals surface area contributed by atoms with Gasteiger partial charge >= 0.3 is 35.5 Å². The van der Waals surface area contributed by atoms with Gasteiger partial charge in [0.15, 0.2) is 5.96 Å². The molecule has 9 nitrogen and oxygen atoms in total. The zero-order valence-corrected chi connectivity index (χ0v) is 7.09. The number of carboxylic acids is 1. The van der Waals surface area contributed by atoms with Crippen LogP contribution in [0.25, 0.3) is 0 Å².